The quantitative estimate of drug-likeness (QED) is 0.447. The van der Waals surface area contributed by atoms with Gasteiger partial charge in [-0.2, -0.15) is 5.10 Å². The highest BCUT2D eigenvalue weighted by atomic mass is 19.1. The average Bonchev–Trinajstić information content (AvgIpc) is 3.47. The molecule has 0 radical (unpaired) electrons. The number of nitrogens with zero attached hydrogens (tertiary/aromatic N) is 3. The topological polar surface area (TPSA) is 107 Å². The van der Waals surface area contributed by atoms with Gasteiger partial charge in [-0.1, -0.05) is 32.0 Å². The summed E-state index contributed by atoms with van der Waals surface area (Å²) in [7, 11) is 0. The summed E-state index contributed by atoms with van der Waals surface area (Å²) in [6.45, 7) is 4.15. The lowest BCUT2D eigenvalue weighted by molar-refractivity contribution is -0.127. The van der Waals surface area contributed by atoms with Crippen LogP contribution in [0.3, 0.4) is 0 Å². The third-order valence-corrected chi connectivity index (χ3v) is 5.94. The van der Waals surface area contributed by atoms with E-state index in [1.807, 2.05) is 38.1 Å². The molecular formula is C23H23FN6O2. The summed E-state index contributed by atoms with van der Waals surface area (Å²) in [4.78, 5) is 35.1. The van der Waals surface area contributed by atoms with E-state index in [0.717, 1.165) is 11.0 Å². The molecule has 1 saturated heterocycles. The molecular weight excluding hydrogens is 411 g/mol. The number of rotatable bonds is 5. The van der Waals surface area contributed by atoms with Crippen molar-refractivity contribution in [3.05, 3.63) is 54.1 Å². The summed E-state index contributed by atoms with van der Waals surface area (Å²) in [5.74, 6) is -0.542. The van der Waals surface area contributed by atoms with E-state index in [1.165, 1.54) is 11.0 Å². The molecule has 1 unspecified atom stereocenters. The molecule has 1 aliphatic heterocycles. The number of H-pyrrole nitrogens is 2. The van der Waals surface area contributed by atoms with Gasteiger partial charge in [-0.15, -0.1) is 0 Å². The van der Waals surface area contributed by atoms with E-state index in [2.05, 4.69) is 25.5 Å². The standard InChI is InChI=1S/C23H23FN6O2/c1-12(2)20(21-25-15-7-3-4-8-16(15)26-21)27-23(32)13-10-18(31)30(11-13)22-19-14(24)6-5-9-17(19)28-29-22/h3-9,12-13,20H,10-11H2,1-2H3,(H,25,26)(H,27,32)(H,28,29)/t13?,20-/m0/s1. The lowest BCUT2D eigenvalue weighted by atomic mass is 10.0. The molecule has 5 rings (SSSR count). The van der Waals surface area contributed by atoms with Crippen molar-refractivity contribution >= 4 is 39.6 Å². The lowest BCUT2D eigenvalue weighted by Gasteiger charge is -2.22. The monoisotopic (exact) mass is 434 g/mol. The van der Waals surface area contributed by atoms with Crippen molar-refractivity contribution in [1.29, 1.82) is 0 Å². The molecule has 3 N–H and O–H groups in total. The molecule has 32 heavy (non-hydrogen) atoms. The average molecular weight is 434 g/mol. The first-order chi connectivity index (χ1) is 15.4. The molecule has 1 aliphatic rings. The van der Waals surface area contributed by atoms with Crippen molar-refractivity contribution in [1.82, 2.24) is 25.5 Å². The van der Waals surface area contributed by atoms with Gasteiger partial charge in [0.2, 0.25) is 11.8 Å². The molecule has 8 nitrogen and oxygen atoms in total. The molecule has 164 valence electrons. The van der Waals surface area contributed by atoms with Crippen LogP contribution in [0.4, 0.5) is 10.2 Å². The van der Waals surface area contributed by atoms with Gasteiger partial charge < -0.3 is 10.3 Å². The largest absolute Gasteiger partial charge is 0.346 e. The van der Waals surface area contributed by atoms with Gasteiger partial charge in [0, 0.05) is 13.0 Å². The number of carbonyl (C=O) groups excluding carboxylic acids is 2. The second-order valence-electron chi connectivity index (χ2n) is 8.48. The maximum absolute atomic E-state index is 14.4. The Kier molecular flexibility index (Phi) is 4.88. The van der Waals surface area contributed by atoms with Gasteiger partial charge in [0.05, 0.1) is 33.9 Å². The minimum absolute atomic E-state index is 0.0413. The van der Waals surface area contributed by atoms with Crippen molar-refractivity contribution < 1.29 is 14.0 Å². The minimum atomic E-state index is -0.563. The zero-order valence-electron chi connectivity index (χ0n) is 17.7. The highest BCUT2D eigenvalue weighted by molar-refractivity contribution is 6.05. The van der Waals surface area contributed by atoms with Crippen molar-refractivity contribution in [2.75, 3.05) is 11.4 Å². The van der Waals surface area contributed by atoms with Crippen LogP contribution in [-0.2, 0) is 9.59 Å². The number of para-hydroxylation sites is 2. The number of carbonyl (C=O) groups is 2. The lowest BCUT2D eigenvalue weighted by Crippen LogP contribution is -2.38. The highest BCUT2D eigenvalue weighted by Gasteiger charge is 2.38. The molecule has 0 aliphatic carbocycles. The number of hydrogen-bond acceptors (Lipinski definition) is 4. The van der Waals surface area contributed by atoms with Crippen molar-refractivity contribution in [2.24, 2.45) is 11.8 Å². The predicted molar refractivity (Wildman–Crippen MR) is 118 cm³/mol. The van der Waals surface area contributed by atoms with Gasteiger partial charge in [-0.25, -0.2) is 9.37 Å². The SMILES string of the molecule is CC(C)[C@H](NC(=O)C1CC(=O)N(c2n[nH]c3cccc(F)c23)C1)c1nc2ccccc2[nH]1. The van der Waals surface area contributed by atoms with Crippen LogP contribution in [0.15, 0.2) is 42.5 Å². The Morgan fingerprint density at radius 1 is 1.19 bits per heavy atom. The van der Waals surface area contributed by atoms with Crippen LogP contribution < -0.4 is 10.2 Å². The second kappa shape index (κ2) is 7.74. The number of hydrogen-bond donors (Lipinski definition) is 3. The number of nitrogens with one attached hydrogen (secondary N) is 3. The van der Waals surface area contributed by atoms with Crippen molar-refractivity contribution in [2.45, 2.75) is 26.3 Å². The van der Waals surface area contributed by atoms with Gasteiger partial charge in [0.25, 0.3) is 0 Å². The normalized spacial score (nSPS) is 17.6. The number of amides is 2. The third kappa shape index (κ3) is 3.39. The number of benzene rings is 2. The fourth-order valence-electron chi connectivity index (χ4n) is 4.24. The van der Waals surface area contributed by atoms with Gasteiger partial charge in [0.15, 0.2) is 5.82 Å². The Morgan fingerprint density at radius 3 is 2.75 bits per heavy atom. The minimum Gasteiger partial charge on any atom is -0.346 e. The number of halogens is 1. The van der Waals surface area contributed by atoms with Gasteiger partial charge in [-0.05, 0) is 30.2 Å². The second-order valence-corrected chi connectivity index (χ2v) is 8.48. The van der Waals surface area contributed by atoms with Gasteiger partial charge in [-0.3, -0.25) is 19.6 Å². The first-order valence-electron chi connectivity index (χ1n) is 10.6. The Balaban J connectivity index is 1.36. The number of aromatic amines is 2. The Labute approximate surface area is 183 Å². The van der Waals surface area contributed by atoms with Crippen LogP contribution in [0.25, 0.3) is 21.9 Å². The van der Waals surface area contributed by atoms with Gasteiger partial charge in [0.1, 0.15) is 11.6 Å². The molecule has 9 heteroatoms. The van der Waals surface area contributed by atoms with E-state index in [1.54, 1.807) is 12.1 Å². The van der Waals surface area contributed by atoms with Crippen LogP contribution in [0.5, 0.6) is 0 Å². The van der Waals surface area contributed by atoms with E-state index < -0.39 is 11.7 Å². The first-order valence-corrected chi connectivity index (χ1v) is 10.6. The summed E-state index contributed by atoms with van der Waals surface area (Å²) in [5, 5.41) is 10.2. The smallest absolute Gasteiger partial charge is 0.229 e. The van der Waals surface area contributed by atoms with Gasteiger partial charge >= 0.3 is 0 Å². The van der Waals surface area contributed by atoms with Crippen LogP contribution in [-0.4, -0.2) is 38.5 Å². The Morgan fingerprint density at radius 2 is 1.97 bits per heavy atom. The number of fused-ring (bicyclic) bond motifs is 2. The zero-order valence-corrected chi connectivity index (χ0v) is 17.7. The third-order valence-electron chi connectivity index (χ3n) is 5.94. The molecule has 2 atom stereocenters. The van der Waals surface area contributed by atoms with E-state index in [0.29, 0.717) is 11.3 Å². The number of imidazole rings is 1. The maximum Gasteiger partial charge on any atom is 0.229 e. The van der Waals surface area contributed by atoms with E-state index in [-0.39, 0.29) is 47.9 Å². The van der Waals surface area contributed by atoms with Crippen molar-refractivity contribution in [3.63, 3.8) is 0 Å². The van der Waals surface area contributed by atoms with Crippen LogP contribution in [0, 0.1) is 17.7 Å². The summed E-state index contributed by atoms with van der Waals surface area (Å²) in [5.41, 5.74) is 2.24. The summed E-state index contributed by atoms with van der Waals surface area (Å²) >= 11 is 0. The molecule has 0 bridgehead atoms. The maximum atomic E-state index is 14.4. The molecule has 0 saturated carbocycles. The summed E-state index contributed by atoms with van der Waals surface area (Å²) < 4.78 is 14.4. The van der Waals surface area contributed by atoms with E-state index in [9.17, 15) is 14.0 Å². The fourth-order valence-corrected chi connectivity index (χ4v) is 4.24. The van der Waals surface area contributed by atoms with Crippen LogP contribution >= 0.6 is 0 Å². The molecule has 4 aromatic rings. The molecule has 1 fully saturated rings. The number of anilines is 1. The highest BCUT2D eigenvalue weighted by Crippen LogP contribution is 2.32. The van der Waals surface area contributed by atoms with Crippen LogP contribution in [0.1, 0.15) is 32.1 Å². The molecule has 2 aromatic heterocycles. The summed E-state index contributed by atoms with van der Waals surface area (Å²) in [6.07, 6.45) is 0.0413. The molecule has 0 spiro atoms. The summed E-state index contributed by atoms with van der Waals surface area (Å²) in [6, 6.07) is 12.0. The van der Waals surface area contributed by atoms with E-state index >= 15 is 0 Å². The van der Waals surface area contributed by atoms with Crippen LogP contribution in [0.2, 0.25) is 0 Å². The molecule has 2 aromatic carbocycles. The Hall–Kier alpha value is -3.75. The predicted octanol–water partition coefficient (Wildman–Crippen LogP) is 3.44. The molecule has 3 heterocycles. The fraction of sp³-hybridized carbons (Fsp3) is 0.304. The first kappa shape index (κ1) is 20.2. The molecule has 2 amide bonds. The van der Waals surface area contributed by atoms with Crippen molar-refractivity contribution in [3.8, 4) is 0 Å². The number of aromatic nitrogens is 4. The zero-order chi connectivity index (χ0) is 22.4. The Bertz CT molecular complexity index is 1290. The van der Waals surface area contributed by atoms with E-state index in [4.69, 9.17) is 0 Å².